The van der Waals surface area contributed by atoms with Crippen molar-refractivity contribution in [1.29, 1.82) is 0 Å². The third-order valence-electron chi connectivity index (χ3n) is 8.18. The van der Waals surface area contributed by atoms with Crippen LogP contribution in [-0.2, 0) is 27.0 Å². The number of nitrogens with one attached hydrogen (secondary N) is 2. The summed E-state index contributed by atoms with van der Waals surface area (Å²) in [7, 11) is 1.60. The smallest absolute Gasteiger partial charge is 0.416 e. The molecule has 3 atom stereocenters. The van der Waals surface area contributed by atoms with E-state index in [1.807, 2.05) is 29.2 Å². The predicted molar refractivity (Wildman–Crippen MR) is 155 cm³/mol. The van der Waals surface area contributed by atoms with Gasteiger partial charge in [0.1, 0.15) is 5.75 Å². The maximum Gasteiger partial charge on any atom is 0.416 e. The van der Waals surface area contributed by atoms with E-state index in [0.29, 0.717) is 49.7 Å². The first-order valence-electron chi connectivity index (χ1n) is 14.5. The Morgan fingerprint density at radius 2 is 1.93 bits per heavy atom. The van der Waals surface area contributed by atoms with E-state index in [9.17, 15) is 22.8 Å². The second-order valence-corrected chi connectivity index (χ2v) is 10.9. The van der Waals surface area contributed by atoms with Crippen molar-refractivity contribution < 1.29 is 32.2 Å². The lowest BCUT2D eigenvalue weighted by atomic mass is 9.88. The Hall–Kier alpha value is -4.06. The van der Waals surface area contributed by atoms with Crippen molar-refractivity contribution in [2.45, 2.75) is 38.4 Å². The van der Waals surface area contributed by atoms with Crippen LogP contribution >= 0.6 is 0 Å². The molecule has 5 rings (SSSR count). The zero-order valence-electron chi connectivity index (χ0n) is 24.2. The molecule has 1 amide bonds. The molecule has 43 heavy (non-hydrogen) atoms. The van der Waals surface area contributed by atoms with Gasteiger partial charge < -0.3 is 24.3 Å². The standard InChI is InChI=1S/C31H36F3N5O4/c1-3-43-29(41)22-5-4-13-38(19-22)27-15-23(31(32,33)34)9-6-21(27)18-39-14-12-36-30(39)37-28(40)26-17-35-16-25(26)20-7-10-24(42-2)11-8-20/h6-12,14-15,22,25-26,35H,3-5,13,16-19H2,1-2H3,(H,36,37,40)/t22-,25+,26-/m1/s1. The van der Waals surface area contributed by atoms with Gasteiger partial charge in [0.15, 0.2) is 0 Å². The molecule has 2 aliphatic rings. The number of carbonyl (C=O) groups is 2. The van der Waals surface area contributed by atoms with Gasteiger partial charge in [-0.2, -0.15) is 13.2 Å². The Bertz CT molecular complexity index is 1430. The fraction of sp³-hybridized carbons (Fsp3) is 0.452. The normalized spacial score (nSPS) is 20.6. The molecule has 9 nitrogen and oxygen atoms in total. The third-order valence-corrected chi connectivity index (χ3v) is 8.18. The minimum atomic E-state index is -4.52. The number of halogens is 3. The zero-order valence-corrected chi connectivity index (χ0v) is 24.2. The Balaban J connectivity index is 1.36. The van der Waals surface area contributed by atoms with Crippen LogP contribution < -0.4 is 20.3 Å². The van der Waals surface area contributed by atoms with Gasteiger partial charge >= 0.3 is 12.1 Å². The number of benzene rings is 2. The topological polar surface area (TPSA) is 97.7 Å². The van der Waals surface area contributed by atoms with E-state index < -0.39 is 17.7 Å². The summed E-state index contributed by atoms with van der Waals surface area (Å²) in [5.41, 5.74) is 1.27. The average Bonchev–Trinajstić information content (AvgIpc) is 3.67. The number of rotatable bonds is 9. The lowest BCUT2D eigenvalue weighted by molar-refractivity contribution is -0.148. The predicted octanol–water partition coefficient (Wildman–Crippen LogP) is 4.68. The van der Waals surface area contributed by atoms with E-state index in [-0.39, 0.29) is 43.4 Å². The van der Waals surface area contributed by atoms with Crippen LogP contribution in [0.1, 0.15) is 42.4 Å². The number of hydrogen-bond acceptors (Lipinski definition) is 7. The molecule has 0 bridgehead atoms. The van der Waals surface area contributed by atoms with Crippen molar-refractivity contribution in [3.05, 3.63) is 71.5 Å². The second-order valence-electron chi connectivity index (χ2n) is 10.9. The first kappa shape index (κ1) is 30.4. The van der Waals surface area contributed by atoms with Gasteiger partial charge in [-0.05, 0) is 55.2 Å². The molecule has 0 aliphatic carbocycles. The number of methoxy groups -OCH3 is 1. The summed E-state index contributed by atoms with van der Waals surface area (Å²) in [6, 6.07) is 11.3. The van der Waals surface area contributed by atoms with Crippen molar-refractivity contribution in [3.8, 4) is 5.75 Å². The van der Waals surface area contributed by atoms with Gasteiger partial charge in [0.2, 0.25) is 11.9 Å². The molecule has 2 aliphatic heterocycles. The number of carbonyl (C=O) groups excluding carboxylic acids is 2. The van der Waals surface area contributed by atoms with E-state index in [4.69, 9.17) is 9.47 Å². The van der Waals surface area contributed by atoms with E-state index in [1.165, 1.54) is 6.07 Å². The minimum Gasteiger partial charge on any atom is -0.497 e. The number of hydrogen-bond donors (Lipinski definition) is 2. The molecular weight excluding hydrogens is 563 g/mol. The molecule has 0 radical (unpaired) electrons. The van der Waals surface area contributed by atoms with Gasteiger partial charge in [-0.15, -0.1) is 0 Å². The van der Waals surface area contributed by atoms with Crippen LogP contribution in [0.15, 0.2) is 54.9 Å². The van der Waals surface area contributed by atoms with Crippen LogP contribution in [0, 0.1) is 11.8 Å². The Morgan fingerprint density at radius 1 is 1.14 bits per heavy atom. The molecule has 2 fully saturated rings. The van der Waals surface area contributed by atoms with Gasteiger partial charge in [0.25, 0.3) is 0 Å². The molecule has 230 valence electrons. The molecule has 0 saturated carbocycles. The van der Waals surface area contributed by atoms with Crippen LogP contribution in [0.3, 0.4) is 0 Å². The van der Waals surface area contributed by atoms with Crippen LogP contribution in [0.4, 0.5) is 24.8 Å². The first-order valence-corrected chi connectivity index (χ1v) is 14.5. The highest BCUT2D eigenvalue weighted by Crippen LogP contribution is 2.36. The van der Waals surface area contributed by atoms with Crippen molar-refractivity contribution in [2.75, 3.05) is 50.1 Å². The Labute approximate surface area is 248 Å². The number of anilines is 2. The highest BCUT2D eigenvalue weighted by molar-refractivity contribution is 5.92. The minimum absolute atomic E-state index is 0.0396. The van der Waals surface area contributed by atoms with E-state index >= 15 is 0 Å². The van der Waals surface area contributed by atoms with E-state index in [1.54, 1.807) is 31.0 Å². The number of amides is 1. The first-order chi connectivity index (χ1) is 20.7. The summed E-state index contributed by atoms with van der Waals surface area (Å²) in [5, 5.41) is 6.23. The van der Waals surface area contributed by atoms with Crippen LogP contribution in [-0.4, -0.2) is 61.3 Å². The molecule has 3 aromatic rings. The highest BCUT2D eigenvalue weighted by Gasteiger charge is 2.35. The Morgan fingerprint density at radius 3 is 2.65 bits per heavy atom. The molecule has 1 aromatic heterocycles. The average molecular weight is 600 g/mol. The van der Waals surface area contributed by atoms with Crippen molar-refractivity contribution >= 4 is 23.5 Å². The van der Waals surface area contributed by atoms with Crippen molar-refractivity contribution in [1.82, 2.24) is 14.9 Å². The van der Waals surface area contributed by atoms with Crippen LogP contribution in [0.2, 0.25) is 0 Å². The highest BCUT2D eigenvalue weighted by atomic mass is 19.4. The molecule has 0 spiro atoms. The van der Waals surface area contributed by atoms with Gasteiger partial charge in [-0.3, -0.25) is 14.9 Å². The van der Waals surface area contributed by atoms with Gasteiger partial charge in [-0.25, -0.2) is 4.98 Å². The fourth-order valence-corrected chi connectivity index (χ4v) is 5.92. The van der Waals surface area contributed by atoms with Crippen molar-refractivity contribution in [3.63, 3.8) is 0 Å². The van der Waals surface area contributed by atoms with E-state index in [0.717, 1.165) is 23.4 Å². The maximum absolute atomic E-state index is 13.7. The number of ether oxygens (including phenoxy) is 2. The molecular formula is C31H36F3N5O4. The lowest BCUT2D eigenvalue weighted by Crippen LogP contribution is -2.40. The largest absolute Gasteiger partial charge is 0.497 e. The van der Waals surface area contributed by atoms with Crippen LogP contribution in [0.25, 0.3) is 0 Å². The Kier molecular flexibility index (Phi) is 9.24. The number of nitrogens with zero attached hydrogens (tertiary/aromatic N) is 3. The van der Waals surface area contributed by atoms with Gasteiger partial charge in [-0.1, -0.05) is 18.2 Å². The molecule has 0 unspecified atom stereocenters. The summed E-state index contributed by atoms with van der Waals surface area (Å²) in [6.45, 7) is 4.08. The van der Waals surface area contributed by atoms with Crippen molar-refractivity contribution in [2.24, 2.45) is 11.8 Å². The molecule has 3 heterocycles. The summed E-state index contributed by atoms with van der Waals surface area (Å²) >= 11 is 0. The SMILES string of the molecule is CCOC(=O)[C@@H]1CCCN(c2cc(C(F)(F)F)ccc2Cn2ccnc2NC(=O)[C@@H]2CNC[C@H]2c2ccc(OC)cc2)C1. The van der Waals surface area contributed by atoms with Crippen LogP contribution in [0.5, 0.6) is 5.75 Å². The molecule has 12 heteroatoms. The van der Waals surface area contributed by atoms with E-state index in [2.05, 4.69) is 15.6 Å². The molecule has 2 aromatic carbocycles. The zero-order chi connectivity index (χ0) is 30.6. The summed E-state index contributed by atoms with van der Waals surface area (Å²) < 4.78 is 53.3. The molecule has 2 saturated heterocycles. The number of piperidine rings is 1. The quantitative estimate of drug-likeness (QED) is 0.345. The fourth-order valence-electron chi connectivity index (χ4n) is 5.92. The second kappa shape index (κ2) is 13.1. The number of aromatic nitrogens is 2. The summed E-state index contributed by atoms with van der Waals surface area (Å²) in [6.07, 6.45) is -0.0217. The maximum atomic E-state index is 13.7. The number of alkyl halides is 3. The van der Waals surface area contributed by atoms with Gasteiger partial charge in [0, 0.05) is 50.2 Å². The van der Waals surface area contributed by atoms with Gasteiger partial charge in [0.05, 0.1) is 37.7 Å². The monoisotopic (exact) mass is 599 g/mol. The summed E-state index contributed by atoms with van der Waals surface area (Å²) in [4.78, 5) is 32.1. The lowest BCUT2D eigenvalue weighted by Gasteiger charge is -2.35. The number of imidazole rings is 1. The third kappa shape index (κ3) is 6.96. The summed E-state index contributed by atoms with van der Waals surface area (Å²) in [5.74, 6) is -0.289. The molecule has 2 N–H and O–H groups in total. The number of esters is 1.